The molecule has 26 heavy (non-hydrogen) atoms. The van der Waals surface area contributed by atoms with Crippen molar-refractivity contribution in [3.8, 4) is 11.1 Å². The first-order chi connectivity index (χ1) is 12.6. The Bertz CT molecular complexity index is 1090. The van der Waals surface area contributed by atoms with Gasteiger partial charge >= 0.3 is 0 Å². The number of hydrogen-bond acceptors (Lipinski definition) is 2. The molecule has 0 amide bonds. The van der Waals surface area contributed by atoms with Gasteiger partial charge in [-0.25, -0.2) is 0 Å². The zero-order valence-electron chi connectivity index (χ0n) is 15.2. The number of fused-ring (bicyclic) bond motifs is 3. The lowest BCUT2D eigenvalue weighted by Gasteiger charge is -2.30. The van der Waals surface area contributed by atoms with Crippen molar-refractivity contribution in [3.05, 3.63) is 103 Å². The molecule has 1 aliphatic carbocycles. The van der Waals surface area contributed by atoms with Crippen LogP contribution < -0.4 is 0 Å². The fourth-order valence-corrected chi connectivity index (χ4v) is 6.59. The zero-order valence-corrected chi connectivity index (χ0v) is 16.8. The molecule has 5 rings (SSSR count). The fourth-order valence-electron chi connectivity index (χ4n) is 4.32. The lowest BCUT2D eigenvalue weighted by molar-refractivity contribution is 0.807. The molecule has 0 nitrogen and oxygen atoms in total. The molecule has 2 aromatic carbocycles. The average Bonchev–Trinajstić information content (AvgIpc) is 3.32. The minimum Gasteiger partial charge on any atom is -0.144 e. The maximum Gasteiger partial charge on any atom is 0.0899 e. The van der Waals surface area contributed by atoms with Crippen LogP contribution in [0.5, 0.6) is 0 Å². The maximum atomic E-state index is 2.40. The quantitative estimate of drug-likeness (QED) is 0.310. The normalized spacial score (nSPS) is 14.3. The van der Waals surface area contributed by atoms with Crippen LogP contribution in [0, 0.1) is 20.8 Å². The first kappa shape index (κ1) is 16.0. The summed E-state index contributed by atoms with van der Waals surface area (Å²) in [6, 6.07) is 25.1. The highest BCUT2D eigenvalue weighted by Crippen LogP contribution is 2.58. The third kappa shape index (κ3) is 2.06. The SMILES string of the molecule is Cc1ccc2c(c1)C(c1ccc(C)s1)(c1ccc(C)s1)c1ccccc1-2. The monoisotopic (exact) mass is 372 g/mol. The number of hydrogen-bond donors (Lipinski definition) is 0. The summed E-state index contributed by atoms with van der Waals surface area (Å²) < 4.78 is 0. The van der Waals surface area contributed by atoms with Crippen molar-refractivity contribution in [1.29, 1.82) is 0 Å². The summed E-state index contributed by atoms with van der Waals surface area (Å²) in [5.74, 6) is 0. The number of thiophene rings is 2. The Morgan fingerprint density at radius 1 is 0.615 bits per heavy atom. The molecular weight excluding hydrogens is 352 g/mol. The van der Waals surface area contributed by atoms with E-state index in [1.54, 1.807) is 0 Å². The minimum atomic E-state index is -0.185. The van der Waals surface area contributed by atoms with Crippen LogP contribution in [0.4, 0.5) is 0 Å². The second-order valence-electron chi connectivity index (χ2n) is 7.17. The molecule has 0 N–H and O–H groups in total. The van der Waals surface area contributed by atoms with Crippen molar-refractivity contribution < 1.29 is 0 Å². The molecule has 0 unspecified atom stereocenters. The molecule has 0 radical (unpaired) electrons. The molecular formula is C24H20S2. The first-order valence-corrected chi connectivity index (χ1v) is 10.6. The van der Waals surface area contributed by atoms with Crippen LogP contribution in [0.2, 0.25) is 0 Å². The van der Waals surface area contributed by atoms with Crippen molar-refractivity contribution in [2.75, 3.05) is 0 Å². The van der Waals surface area contributed by atoms with E-state index in [9.17, 15) is 0 Å². The Labute approximate surface area is 162 Å². The van der Waals surface area contributed by atoms with E-state index in [1.165, 1.54) is 47.3 Å². The van der Waals surface area contributed by atoms with Crippen LogP contribution in [0.1, 0.15) is 36.2 Å². The van der Waals surface area contributed by atoms with E-state index in [0.717, 1.165) is 0 Å². The highest BCUT2D eigenvalue weighted by atomic mass is 32.1. The van der Waals surface area contributed by atoms with Gasteiger partial charge in [-0.2, -0.15) is 0 Å². The van der Waals surface area contributed by atoms with Gasteiger partial charge in [0.1, 0.15) is 0 Å². The molecule has 2 heterocycles. The Kier molecular flexibility index (Phi) is 3.50. The largest absolute Gasteiger partial charge is 0.144 e. The molecule has 0 saturated heterocycles. The molecule has 2 aromatic heterocycles. The standard InChI is InChI=1S/C24H20S2/c1-15-8-11-19-18-6-4-5-7-20(18)24(21(19)14-15,22-12-9-16(2)25-22)23-13-10-17(3)26-23/h4-14H,1-3H3. The van der Waals surface area contributed by atoms with Gasteiger partial charge in [0.25, 0.3) is 0 Å². The third-order valence-electron chi connectivity index (χ3n) is 5.42. The van der Waals surface area contributed by atoms with Crippen LogP contribution in [0.25, 0.3) is 11.1 Å². The summed E-state index contributed by atoms with van der Waals surface area (Å²) >= 11 is 3.86. The summed E-state index contributed by atoms with van der Waals surface area (Å²) in [6.07, 6.45) is 0. The Hall–Kier alpha value is -2.16. The number of rotatable bonds is 2. The van der Waals surface area contributed by atoms with Crippen LogP contribution in [-0.4, -0.2) is 0 Å². The summed E-state index contributed by atoms with van der Waals surface area (Å²) in [7, 11) is 0. The van der Waals surface area contributed by atoms with Crippen molar-refractivity contribution in [2.24, 2.45) is 0 Å². The first-order valence-electron chi connectivity index (χ1n) is 8.95. The third-order valence-corrected chi connectivity index (χ3v) is 7.66. The molecule has 0 aliphatic heterocycles. The molecule has 2 heteroatoms. The van der Waals surface area contributed by atoms with E-state index in [-0.39, 0.29) is 5.41 Å². The van der Waals surface area contributed by atoms with E-state index in [2.05, 4.69) is 87.5 Å². The smallest absolute Gasteiger partial charge is 0.0899 e. The van der Waals surface area contributed by atoms with E-state index < -0.39 is 0 Å². The predicted molar refractivity (Wildman–Crippen MR) is 114 cm³/mol. The molecule has 4 aromatic rings. The average molecular weight is 373 g/mol. The highest BCUT2D eigenvalue weighted by Gasteiger charge is 2.47. The van der Waals surface area contributed by atoms with Crippen molar-refractivity contribution in [3.63, 3.8) is 0 Å². The van der Waals surface area contributed by atoms with E-state index in [4.69, 9.17) is 0 Å². The van der Waals surface area contributed by atoms with Gasteiger partial charge in [-0.15, -0.1) is 22.7 Å². The molecule has 0 spiro atoms. The summed E-state index contributed by atoms with van der Waals surface area (Å²) in [5, 5.41) is 0. The predicted octanol–water partition coefficient (Wildman–Crippen LogP) is 7.10. The van der Waals surface area contributed by atoms with Gasteiger partial charge < -0.3 is 0 Å². The Morgan fingerprint density at radius 2 is 1.23 bits per heavy atom. The minimum absolute atomic E-state index is 0.185. The van der Waals surface area contributed by atoms with Crippen LogP contribution in [-0.2, 0) is 5.41 Å². The lowest BCUT2D eigenvalue weighted by atomic mass is 9.75. The lowest BCUT2D eigenvalue weighted by Crippen LogP contribution is -2.26. The number of aryl methyl sites for hydroxylation is 3. The number of benzene rings is 2. The Balaban J connectivity index is 1.98. The maximum absolute atomic E-state index is 2.40. The summed E-state index contributed by atoms with van der Waals surface area (Å²) in [6.45, 7) is 6.62. The van der Waals surface area contributed by atoms with E-state index in [0.29, 0.717) is 0 Å². The van der Waals surface area contributed by atoms with Gasteiger partial charge in [0, 0.05) is 19.5 Å². The molecule has 0 bridgehead atoms. The van der Waals surface area contributed by atoms with Gasteiger partial charge in [-0.3, -0.25) is 0 Å². The van der Waals surface area contributed by atoms with Crippen LogP contribution in [0.3, 0.4) is 0 Å². The second kappa shape index (κ2) is 5.67. The van der Waals surface area contributed by atoms with Gasteiger partial charge in [-0.1, -0.05) is 48.0 Å². The Morgan fingerprint density at radius 3 is 1.85 bits per heavy atom. The van der Waals surface area contributed by atoms with Crippen molar-refractivity contribution >= 4 is 22.7 Å². The van der Waals surface area contributed by atoms with Gasteiger partial charge in [0.05, 0.1) is 5.41 Å². The molecule has 1 aliphatic rings. The summed E-state index contributed by atoms with van der Waals surface area (Å²) in [5.41, 5.74) is 6.74. The van der Waals surface area contributed by atoms with E-state index in [1.807, 2.05) is 22.7 Å². The molecule has 0 saturated carbocycles. The van der Waals surface area contributed by atoms with Gasteiger partial charge in [0.2, 0.25) is 0 Å². The van der Waals surface area contributed by atoms with Crippen molar-refractivity contribution in [1.82, 2.24) is 0 Å². The summed E-state index contributed by atoms with van der Waals surface area (Å²) in [4.78, 5) is 5.58. The molecule has 0 atom stereocenters. The fraction of sp³-hybridized carbons (Fsp3) is 0.167. The van der Waals surface area contributed by atoms with Crippen LogP contribution in [0.15, 0.2) is 66.7 Å². The van der Waals surface area contributed by atoms with Crippen molar-refractivity contribution in [2.45, 2.75) is 26.2 Å². The molecule has 0 fully saturated rings. The molecule has 128 valence electrons. The van der Waals surface area contributed by atoms with Crippen LogP contribution >= 0.6 is 22.7 Å². The van der Waals surface area contributed by atoms with Gasteiger partial charge in [0.15, 0.2) is 0 Å². The topological polar surface area (TPSA) is 0 Å². The van der Waals surface area contributed by atoms with E-state index >= 15 is 0 Å². The second-order valence-corrected chi connectivity index (χ2v) is 9.74. The van der Waals surface area contributed by atoms with Gasteiger partial charge in [-0.05, 0) is 67.3 Å². The zero-order chi connectivity index (χ0) is 17.9. The highest BCUT2D eigenvalue weighted by molar-refractivity contribution is 7.14.